The van der Waals surface area contributed by atoms with Gasteiger partial charge in [-0.3, -0.25) is 14.4 Å². The molecule has 0 aliphatic carbocycles. The summed E-state index contributed by atoms with van der Waals surface area (Å²) in [5, 5.41) is 11.1. The van der Waals surface area contributed by atoms with Crippen LogP contribution >= 0.6 is 0 Å². The molecule has 1 amide bonds. The van der Waals surface area contributed by atoms with E-state index in [2.05, 4.69) is 10.1 Å². The van der Waals surface area contributed by atoms with Crippen molar-refractivity contribution < 1.29 is 58.9 Å². The molecule has 0 saturated carbocycles. The number of ether oxygens (including phenoxy) is 2. The van der Waals surface area contributed by atoms with Crippen molar-refractivity contribution in [2.24, 2.45) is 0 Å². The number of fused-ring (bicyclic) bond motifs is 1. The summed E-state index contributed by atoms with van der Waals surface area (Å²) in [7, 11) is -4.76. The van der Waals surface area contributed by atoms with Crippen LogP contribution in [-0.4, -0.2) is 49.5 Å². The van der Waals surface area contributed by atoms with Gasteiger partial charge in [0.05, 0.1) is 22.2 Å². The second kappa shape index (κ2) is 10.7. The summed E-state index contributed by atoms with van der Waals surface area (Å²) in [6, 6.07) is 5.18. The van der Waals surface area contributed by atoms with Crippen LogP contribution in [0.15, 0.2) is 47.4 Å². The highest BCUT2D eigenvalue weighted by Crippen LogP contribution is 2.43. The van der Waals surface area contributed by atoms with Crippen molar-refractivity contribution in [3.8, 4) is 5.75 Å². The number of hydrogen-bond acceptors (Lipinski definition) is 6. The summed E-state index contributed by atoms with van der Waals surface area (Å²) in [6.07, 6.45) is -12.9. The number of aliphatic carboxylic acids is 1. The molecule has 2 aromatic rings. The van der Waals surface area contributed by atoms with Crippen LogP contribution in [0.5, 0.6) is 5.75 Å². The second-order valence-corrected chi connectivity index (χ2v) is 11.2. The zero-order valence-corrected chi connectivity index (χ0v) is 21.9. The molecule has 2 N–H and O–H groups in total. The lowest BCUT2D eigenvalue weighted by molar-refractivity contribution is -0.242. The standard InChI is InChI=1S/C24H24F6N2O7S/c1-13-18(9-10-20(33)34)38-19-8-7-15(31-21(35)39-22(2,3)24(28,29)30)12-17(19)32(13)40(36,37)16-6-4-5-14(11-16)23(25,26)27/h4-8,11-13,18H,9-10H2,1-3H3,(H,31,35)(H,33,34). The second-order valence-electron chi connectivity index (χ2n) is 9.36. The molecule has 0 radical (unpaired) electrons. The number of benzene rings is 2. The highest BCUT2D eigenvalue weighted by molar-refractivity contribution is 7.92. The first-order valence-electron chi connectivity index (χ1n) is 11.5. The molecule has 1 aliphatic heterocycles. The molecular weight excluding hydrogens is 574 g/mol. The lowest BCUT2D eigenvalue weighted by Crippen LogP contribution is -2.51. The maximum Gasteiger partial charge on any atom is 0.427 e. The predicted octanol–water partition coefficient (Wildman–Crippen LogP) is 5.80. The fourth-order valence-electron chi connectivity index (χ4n) is 3.79. The molecule has 220 valence electrons. The molecule has 0 saturated heterocycles. The van der Waals surface area contributed by atoms with Gasteiger partial charge in [-0.15, -0.1) is 0 Å². The van der Waals surface area contributed by atoms with Crippen molar-refractivity contribution in [3.63, 3.8) is 0 Å². The first-order valence-corrected chi connectivity index (χ1v) is 13.0. The number of nitrogens with one attached hydrogen (secondary N) is 1. The highest BCUT2D eigenvalue weighted by Gasteiger charge is 2.51. The van der Waals surface area contributed by atoms with E-state index in [1.165, 1.54) is 19.1 Å². The quantitative estimate of drug-likeness (QED) is 0.386. The van der Waals surface area contributed by atoms with E-state index in [0.717, 1.165) is 22.5 Å². The van der Waals surface area contributed by atoms with E-state index >= 15 is 0 Å². The van der Waals surface area contributed by atoms with Crippen LogP contribution in [0.1, 0.15) is 39.2 Å². The van der Waals surface area contributed by atoms with Crippen molar-refractivity contribution in [1.82, 2.24) is 0 Å². The lowest BCUT2D eigenvalue weighted by Gasteiger charge is -2.41. The predicted molar refractivity (Wildman–Crippen MR) is 129 cm³/mol. The minimum atomic E-state index is -4.90. The summed E-state index contributed by atoms with van der Waals surface area (Å²) in [5.41, 5.74) is -4.57. The Kier molecular flexibility index (Phi) is 8.26. The van der Waals surface area contributed by atoms with Gasteiger partial charge in [0, 0.05) is 12.1 Å². The number of carboxylic acid groups (broad SMARTS) is 1. The summed E-state index contributed by atoms with van der Waals surface area (Å²) >= 11 is 0. The van der Waals surface area contributed by atoms with Gasteiger partial charge in [0.15, 0.2) is 0 Å². The molecule has 3 rings (SSSR count). The number of sulfonamides is 1. The Morgan fingerprint density at radius 2 is 1.73 bits per heavy atom. The van der Waals surface area contributed by atoms with Gasteiger partial charge in [0.2, 0.25) is 5.60 Å². The third kappa shape index (κ3) is 6.54. The maximum absolute atomic E-state index is 13.7. The van der Waals surface area contributed by atoms with Crippen molar-refractivity contribution in [2.45, 2.75) is 68.6 Å². The topological polar surface area (TPSA) is 122 Å². The number of halogens is 6. The Morgan fingerprint density at radius 1 is 1.07 bits per heavy atom. The fraction of sp³-hybridized carbons (Fsp3) is 0.417. The monoisotopic (exact) mass is 598 g/mol. The fourth-order valence-corrected chi connectivity index (χ4v) is 5.52. The number of alkyl halides is 6. The first kappa shape index (κ1) is 30.8. The molecule has 9 nitrogen and oxygen atoms in total. The van der Waals surface area contributed by atoms with E-state index in [4.69, 9.17) is 9.84 Å². The zero-order valence-electron chi connectivity index (χ0n) is 21.1. The van der Waals surface area contributed by atoms with Crippen LogP contribution in [0.3, 0.4) is 0 Å². The molecule has 2 atom stereocenters. The molecule has 0 bridgehead atoms. The van der Waals surface area contributed by atoms with E-state index in [-0.39, 0.29) is 23.5 Å². The van der Waals surface area contributed by atoms with Crippen molar-refractivity contribution in [2.75, 3.05) is 9.62 Å². The normalized spacial score (nSPS) is 18.0. The van der Waals surface area contributed by atoms with Gasteiger partial charge in [0.25, 0.3) is 10.0 Å². The van der Waals surface area contributed by atoms with Crippen LogP contribution in [-0.2, 0) is 25.7 Å². The number of carbonyl (C=O) groups is 2. The summed E-state index contributed by atoms with van der Waals surface area (Å²) in [5.74, 6) is -1.33. The third-order valence-corrected chi connectivity index (χ3v) is 7.92. The van der Waals surface area contributed by atoms with E-state index in [0.29, 0.717) is 26.0 Å². The average molecular weight is 599 g/mol. The number of carbonyl (C=O) groups excluding carboxylic acids is 1. The van der Waals surface area contributed by atoms with Gasteiger partial charge in [-0.25, -0.2) is 13.2 Å². The SMILES string of the molecule is CC1C(CCC(=O)O)Oc2ccc(NC(=O)OC(C)(C)C(F)(F)F)cc2N1S(=O)(=O)c1cccc(C(F)(F)F)c1. The molecule has 0 fully saturated rings. The van der Waals surface area contributed by atoms with E-state index in [9.17, 15) is 44.3 Å². The number of rotatable bonds is 7. The van der Waals surface area contributed by atoms with Gasteiger partial charge >= 0.3 is 24.4 Å². The van der Waals surface area contributed by atoms with Crippen LogP contribution < -0.4 is 14.4 Å². The lowest BCUT2D eigenvalue weighted by atomic mass is 10.0. The van der Waals surface area contributed by atoms with E-state index < -0.39 is 69.1 Å². The number of carboxylic acids is 1. The highest BCUT2D eigenvalue weighted by atomic mass is 32.2. The van der Waals surface area contributed by atoms with Gasteiger partial charge in [0.1, 0.15) is 11.9 Å². The van der Waals surface area contributed by atoms with Gasteiger partial charge < -0.3 is 14.6 Å². The van der Waals surface area contributed by atoms with Crippen LogP contribution in [0.4, 0.5) is 42.5 Å². The Balaban J connectivity index is 2.06. The molecule has 2 unspecified atom stereocenters. The van der Waals surface area contributed by atoms with Crippen LogP contribution in [0, 0.1) is 0 Å². The minimum absolute atomic E-state index is 0.126. The Labute approximate surface area is 224 Å². The number of anilines is 2. The largest absolute Gasteiger partial charge is 0.486 e. The molecule has 2 aromatic carbocycles. The first-order chi connectivity index (χ1) is 18.2. The summed E-state index contributed by atoms with van der Waals surface area (Å²) < 4.78 is 118. The molecule has 16 heteroatoms. The van der Waals surface area contributed by atoms with Crippen molar-refractivity contribution in [1.29, 1.82) is 0 Å². The summed E-state index contributed by atoms with van der Waals surface area (Å²) in [6.45, 7) is 2.59. The van der Waals surface area contributed by atoms with E-state index in [1.807, 2.05) is 0 Å². The minimum Gasteiger partial charge on any atom is -0.486 e. The Morgan fingerprint density at radius 3 is 2.30 bits per heavy atom. The van der Waals surface area contributed by atoms with Gasteiger partial charge in [-0.1, -0.05) is 6.07 Å². The summed E-state index contributed by atoms with van der Waals surface area (Å²) in [4.78, 5) is 22.6. The molecule has 1 heterocycles. The number of hydrogen-bond donors (Lipinski definition) is 2. The molecule has 40 heavy (non-hydrogen) atoms. The Hall–Kier alpha value is -3.69. The van der Waals surface area contributed by atoms with E-state index in [1.54, 1.807) is 0 Å². The average Bonchev–Trinajstić information content (AvgIpc) is 2.81. The van der Waals surface area contributed by atoms with Crippen molar-refractivity contribution in [3.05, 3.63) is 48.0 Å². The Bertz CT molecular complexity index is 1390. The number of nitrogens with zero attached hydrogens (tertiary/aromatic N) is 1. The zero-order chi connectivity index (χ0) is 30.3. The molecule has 0 aromatic heterocycles. The van der Waals surface area contributed by atoms with Gasteiger partial charge in [-0.05, 0) is 63.6 Å². The van der Waals surface area contributed by atoms with Crippen molar-refractivity contribution >= 4 is 33.5 Å². The third-order valence-electron chi connectivity index (χ3n) is 6.02. The van der Waals surface area contributed by atoms with Gasteiger partial charge in [-0.2, -0.15) is 26.3 Å². The van der Waals surface area contributed by atoms with Crippen LogP contribution in [0.2, 0.25) is 0 Å². The maximum atomic E-state index is 13.7. The van der Waals surface area contributed by atoms with Crippen LogP contribution in [0.25, 0.3) is 0 Å². The molecular formula is C24H24F6N2O7S. The molecule has 0 spiro atoms. The molecule has 1 aliphatic rings. The smallest absolute Gasteiger partial charge is 0.427 e. The number of amides is 1.